The zero-order valence-electron chi connectivity index (χ0n) is 21.0. The molecule has 0 unspecified atom stereocenters. The van der Waals surface area contributed by atoms with Crippen molar-refractivity contribution in [2.45, 2.75) is 59.8 Å². The minimum absolute atomic E-state index is 0.250. The summed E-state index contributed by atoms with van der Waals surface area (Å²) in [5.41, 5.74) is 13.9. The summed E-state index contributed by atoms with van der Waals surface area (Å²) >= 11 is 0. The molecule has 0 atom stereocenters. The Morgan fingerprint density at radius 2 is 1.55 bits per heavy atom. The summed E-state index contributed by atoms with van der Waals surface area (Å²) in [7, 11) is 3.97. The summed E-state index contributed by atoms with van der Waals surface area (Å²) in [4.78, 5) is 15.7. The van der Waals surface area contributed by atoms with Crippen LogP contribution in [0.3, 0.4) is 0 Å². The third-order valence-electron chi connectivity index (χ3n) is 5.56. The molecule has 33 heavy (non-hydrogen) atoms. The van der Waals surface area contributed by atoms with E-state index >= 15 is 0 Å². The minimum Gasteiger partial charge on any atom is -0.397 e. The maximum atomic E-state index is 7.57. The molecule has 178 valence electrons. The summed E-state index contributed by atoms with van der Waals surface area (Å²) in [6.45, 7) is 8.11. The van der Waals surface area contributed by atoms with E-state index in [0.29, 0.717) is 5.82 Å². The van der Waals surface area contributed by atoms with Gasteiger partial charge >= 0.3 is 0 Å². The number of aromatic nitrogens is 3. The second-order valence-corrected chi connectivity index (χ2v) is 8.25. The molecule has 0 saturated heterocycles. The summed E-state index contributed by atoms with van der Waals surface area (Å²) in [6.07, 6.45) is 7.42. The van der Waals surface area contributed by atoms with Crippen molar-refractivity contribution in [3.63, 3.8) is 0 Å². The van der Waals surface area contributed by atoms with Crippen molar-refractivity contribution in [1.82, 2.24) is 15.0 Å². The molecule has 0 fully saturated rings. The fourth-order valence-corrected chi connectivity index (χ4v) is 3.79. The van der Waals surface area contributed by atoms with E-state index in [4.69, 9.17) is 15.8 Å². The summed E-state index contributed by atoms with van der Waals surface area (Å²) in [6, 6.07) is 10.8. The number of aliphatic hydroxyl groups is 1. The van der Waals surface area contributed by atoms with E-state index in [9.17, 15) is 0 Å². The Labute approximate surface area is 198 Å². The van der Waals surface area contributed by atoms with E-state index in [1.165, 1.54) is 19.3 Å². The van der Waals surface area contributed by atoms with Gasteiger partial charge in [0.2, 0.25) is 0 Å². The van der Waals surface area contributed by atoms with E-state index in [1.54, 1.807) is 18.1 Å². The Hall–Kier alpha value is -2.99. The monoisotopic (exact) mass is 449 g/mol. The minimum atomic E-state index is 0.250. The zero-order chi connectivity index (χ0) is 24.4. The van der Waals surface area contributed by atoms with Gasteiger partial charge in [0.05, 0.1) is 17.1 Å². The molecule has 0 radical (unpaired) electrons. The van der Waals surface area contributed by atoms with Gasteiger partial charge in [-0.15, -0.1) is 0 Å². The van der Waals surface area contributed by atoms with Crippen molar-refractivity contribution in [3.8, 4) is 11.3 Å². The third-order valence-corrected chi connectivity index (χ3v) is 5.56. The summed E-state index contributed by atoms with van der Waals surface area (Å²) in [5, 5.41) is 7.57. The van der Waals surface area contributed by atoms with E-state index in [0.717, 1.165) is 46.9 Å². The number of nitrogen functional groups attached to an aromatic ring is 1. The summed E-state index contributed by atoms with van der Waals surface area (Å²) in [5.74, 6) is 1.47. The molecule has 6 nitrogen and oxygen atoms in total. The summed E-state index contributed by atoms with van der Waals surface area (Å²) < 4.78 is 0. The quantitative estimate of drug-likeness (QED) is 0.595. The number of nitrogens with zero attached hydrogens (tertiary/aromatic N) is 4. The number of aliphatic hydroxyl groups excluding tert-OH is 1. The maximum Gasteiger partial charge on any atom is 0.145 e. The van der Waals surface area contributed by atoms with Crippen molar-refractivity contribution in [3.05, 3.63) is 64.6 Å². The molecule has 6 heteroatoms. The number of nitrogens with two attached hydrogens (primary N) is 1. The Bertz CT molecular complexity index is 1010. The largest absolute Gasteiger partial charge is 0.397 e. The number of hydrogen-bond acceptors (Lipinski definition) is 6. The fraction of sp³-hybridized carbons (Fsp3) is 0.444. The van der Waals surface area contributed by atoms with Crippen LogP contribution in [0.4, 0.5) is 11.6 Å². The number of hydrogen-bond donors (Lipinski definition) is 2. The van der Waals surface area contributed by atoms with Crippen LogP contribution in [0.1, 0.15) is 55.3 Å². The third kappa shape index (κ3) is 6.99. The van der Waals surface area contributed by atoms with Crippen LogP contribution in [0.15, 0.2) is 36.5 Å². The van der Waals surface area contributed by atoms with E-state index in [-0.39, 0.29) is 6.61 Å². The number of fused-ring (bicyclic) bond motifs is 1. The normalized spacial score (nSPS) is 11.6. The molecule has 3 aromatic rings. The molecular weight excluding hydrogens is 410 g/mol. The van der Waals surface area contributed by atoms with Crippen LogP contribution >= 0.6 is 0 Å². The molecule has 0 spiro atoms. The lowest BCUT2D eigenvalue weighted by atomic mass is 10.0. The molecule has 4 rings (SSSR count). The van der Waals surface area contributed by atoms with E-state index in [2.05, 4.69) is 54.1 Å². The highest BCUT2D eigenvalue weighted by Gasteiger charge is 2.14. The first-order valence-corrected chi connectivity index (χ1v) is 11.8. The Morgan fingerprint density at radius 1 is 0.970 bits per heavy atom. The lowest BCUT2D eigenvalue weighted by Crippen LogP contribution is -2.11. The molecule has 0 aliphatic heterocycles. The van der Waals surface area contributed by atoms with Crippen LogP contribution in [0, 0.1) is 6.92 Å². The average molecular weight is 450 g/mol. The average Bonchev–Trinajstić information content (AvgIpc) is 3.29. The molecule has 0 amide bonds. The van der Waals surface area contributed by atoms with E-state index in [1.807, 2.05) is 32.1 Å². The van der Waals surface area contributed by atoms with Gasteiger partial charge in [0, 0.05) is 32.5 Å². The van der Waals surface area contributed by atoms with Gasteiger partial charge in [-0.05, 0) is 68.7 Å². The molecule has 3 N–H and O–H groups in total. The SMILES string of the molecule is CCO.CCc1nc(-c2cnc(N(C)C)cc2C)c(CC)nc1N.c1ccc2c(c1)CCC2. The topological polar surface area (TPSA) is 88.2 Å². The Morgan fingerprint density at radius 3 is 2.03 bits per heavy atom. The van der Waals surface area contributed by atoms with Gasteiger partial charge in [-0.25, -0.2) is 15.0 Å². The lowest BCUT2D eigenvalue weighted by Gasteiger charge is -2.15. The molecule has 1 aliphatic carbocycles. The number of rotatable bonds is 4. The first-order chi connectivity index (χ1) is 15.9. The van der Waals surface area contributed by atoms with E-state index < -0.39 is 0 Å². The lowest BCUT2D eigenvalue weighted by molar-refractivity contribution is 0.318. The van der Waals surface area contributed by atoms with Crippen LogP contribution in [0.25, 0.3) is 11.3 Å². The highest BCUT2D eigenvalue weighted by molar-refractivity contribution is 5.67. The van der Waals surface area contributed by atoms with Gasteiger partial charge in [-0.3, -0.25) is 0 Å². The van der Waals surface area contributed by atoms with Crippen molar-refractivity contribution < 1.29 is 5.11 Å². The number of anilines is 2. The van der Waals surface area contributed by atoms with Crippen molar-refractivity contribution in [2.75, 3.05) is 31.3 Å². The number of aryl methyl sites for hydroxylation is 5. The Balaban J connectivity index is 0.000000263. The maximum absolute atomic E-state index is 7.57. The van der Waals surface area contributed by atoms with Crippen LogP contribution in [-0.2, 0) is 25.7 Å². The molecular formula is C27H39N5O. The van der Waals surface area contributed by atoms with Gasteiger partial charge in [-0.1, -0.05) is 38.1 Å². The molecule has 2 aromatic heterocycles. The number of benzene rings is 1. The zero-order valence-corrected chi connectivity index (χ0v) is 21.0. The predicted octanol–water partition coefficient (Wildman–Crippen LogP) is 4.79. The fourth-order valence-electron chi connectivity index (χ4n) is 3.79. The van der Waals surface area contributed by atoms with Crippen LogP contribution in [-0.4, -0.2) is 40.8 Å². The number of pyridine rings is 1. The molecule has 0 saturated carbocycles. The first kappa shape index (κ1) is 26.3. The smallest absolute Gasteiger partial charge is 0.145 e. The van der Waals surface area contributed by atoms with Crippen molar-refractivity contribution in [1.29, 1.82) is 0 Å². The first-order valence-electron chi connectivity index (χ1n) is 11.8. The predicted molar refractivity (Wildman–Crippen MR) is 139 cm³/mol. The second-order valence-electron chi connectivity index (χ2n) is 8.25. The molecule has 0 bridgehead atoms. The Kier molecular flexibility index (Phi) is 10.3. The van der Waals surface area contributed by atoms with Crippen LogP contribution < -0.4 is 10.6 Å². The standard InChI is InChI=1S/C16H23N5.C9H10.C2H6O/c1-6-12-15(19-13(7-2)16(17)20-12)11-9-18-14(21(4)5)8-10(11)3;1-2-5-9-7-3-6-8(9)4-1;1-2-3/h8-9H,6-7H2,1-5H3,(H2,17,20);1-2,4-5H,3,6-7H2;3H,2H2,1H3. The van der Waals surface area contributed by atoms with Crippen molar-refractivity contribution >= 4 is 11.6 Å². The van der Waals surface area contributed by atoms with Crippen LogP contribution in [0.5, 0.6) is 0 Å². The van der Waals surface area contributed by atoms with Gasteiger partial charge in [0.1, 0.15) is 11.6 Å². The second kappa shape index (κ2) is 12.9. The molecule has 1 aromatic carbocycles. The van der Waals surface area contributed by atoms with Crippen LogP contribution in [0.2, 0.25) is 0 Å². The highest BCUT2D eigenvalue weighted by Crippen LogP contribution is 2.27. The molecule has 1 aliphatic rings. The molecule has 2 heterocycles. The van der Waals surface area contributed by atoms with Gasteiger partial charge < -0.3 is 15.7 Å². The highest BCUT2D eigenvalue weighted by atomic mass is 16.2. The van der Waals surface area contributed by atoms with Gasteiger partial charge in [-0.2, -0.15) is 0 Å². The van der Waals surface area contributed by atoms with Crippen molar-refractivity contribution in [2.24, 2.45) is 0 Å². The van der Waals surface area contributed by atoms with Gasteiger partial charge in [0.25, 0.3) is 0 Å². The van der Waals surface area contributed by atoms with Gasteiger partial charge in [0.15, 0.2) is 0 Å².